The molecular weight excluding hydrogens is 180 g/mol. The topological polar surface area (TPSA) is 49.8 Å². The second kappa shape index (κ2) is 4.58. The Morgan fingerprint density at radius 3 is 2.92 bits per heavy atom. The van der Waals surface area contributed by atoms with Crippen molar-refractivity contribution >= 4 is 24.4 Å². The van der Waals surface area contributed by atoms with E-state index in [2.05, 4.69) is 18.7 Å². The number of nitrogens with zero attached hydrogens (tertiary/aromatic N) is 1. The van der Waals surface area contributed by atoms with Crippen LogP contribution in [0.1, 0.15) is 11.1 Å². The quantitative estimate of drug-likeness (QED) is 0.554. The Kier molecular flexibility index (Phi) is 3.41. The van der Waals surface area contributed by atoms with Gasteiger partial charge in [0, 0.05) is 11.4 Å². The van der Waals surface area contributed by atoms with Gasteiger partial charge in [-0.3, -0.25) is 0 Å². The van der Waals surface area contributed by atoms with Crippen molar-refractivity contribution in [1.29, 1.82) is 5.26 Å². The number of rotatable bonds is 2. The first kappa shape index (κ1) is 9.69. The molecule has 0 aliphatic heterocycles. The maximum Gasteiger partial charge on any atom is 0.0997 e. The third-order valence-electron chi connectivity index (χ3n) is 1.60. The molecule has 3 heteroatoms. The Bertz CT molecular complexity index is 364. The summed E-state index contributed by atoms with van der Waals surface area (Å²) < 4.78 is 0. The molecule has 0 bridgehead atoms. The van der Waals surface area contributed by atoms with Crippen LogP contribution in [0, 0.1) is 11.3 Å². The first-order valence-corrected chi connectivity index (χ1v) is 4.48. The van der Waals surface area contributed by atoms with Crippen molar-refractivity contribution in [2.24, 2.45) is 0 Å². The van der Waals surface area contributed by atoms with Gasteiger partial charge in [0.25, 0.3) is 0 Å². The van der Waals surface area contributed by atoms with Gasteiger partial charge < -0.3 is 5.73 Å². The van der Waals surface area contributed by atoms with Crippen molar-refractivity contribution in [1.82, 2.24) is 0 Å². The summed E-state index contributed by atoms with van der Waals surface area (Å²) in [6.07, 6.45) is 3.72. The van der Waals surface area contributed by atoms with Crippen molar-refractivity contribution in [2.75, 3.05) is 11.5 Å². The molecule has 0 heterocycles. The zero-order chi connectivity index (χ0) is 9.68. The van der Waals surface area contributed by atoms with Gasteiger partial charge in [0.15, 0.2) is 0 Å². The summed E-state index contributed by atoms with van der Waals surface area (Å²) in [6, 6.07) is 7.31. The third-order valence-corrected chi connectivity index (χ3v) is 1.81. The highest BCUT2D eigenvalue weighted by Crippen LogP contribution is 2.14. The fourth-order valence-electron chi connectivity index (χ4n) is 1.00. The first-order valence-electron chi connectivity index (χ1n) is 3.85. The molecule has 0 saturated heterocycles. The molecule has 0 unspecified atom stereocenters. The van der Waals surface area contributed by atoms with Gasteiger partial charge in [0.05, 0.1) is 11.6 Å². The zero-order valence-electron chi connectivity index (χ0n) is 7.07. The number of hydrogen-bond acceptors (Lipinski definition) is 3. The molecule has 1 aromatic carbocycles. The minimum Gasteiger partial charge on any atom is -0.399 e. The Morgan fingerprint density at radius 1 is 1.54 bits per heavy atom. The molecule has 0 atom stereocenters. The van der Waals surface area contributed by atoms with Crippen LogP contribution in [0.2, 0.25) is 0 Å². The van der Waals surface area contributed by atoms with E-state index in [4.69, 9.17) is 11.0 Å². The van der Waals surface area contributed by atoms with E-state index >= 15 is 0 Å². The summed E-state index contributed by atoms with van der Waals surface area (Å²) in [4.78, 5) is 0. The fraction of sp³-hybridized carbons (Fsp3) is 0.100. The highest BCUT2D eigenvalue weighted by Gasteiger charge is 1.97. The fourth-order valence-corrected chi connectivity index (χ4v) is 1.11. The van der Waals surface area contributed by atoms with E-state index < -0.39 is 0 Å². The summed E-state index contributed by atoms with van der Waals surface area (Å²) in [7, 11) is 0. The lowest BCUT2D eigenvalue weighted by Crippen LogP contribution is -1.88. The summed E-state index contributed by atoms with van der Waals surface area (Å²) in [5.41, 5.74) is 7.73. The van der Waals surface area contributed by atoms with E-state index in [0.717, 1.165) is 5.56 Å². The monoisotopic (exact) mass is 190 g/mol. The summed E-state index contributed by atoms with van der Waals surface area (Å²) in [6.45, 7) is 0. The average Bonchev–Trinajstić information content (AvgIpc) is 2.15. The van der Waals surface area contributed by atoms with Gasteiger partial charge in [-0.25, -0.2) is 0 Å². The highest BCUT2D eigenvalue weighted by molar-refractivity contribution is 7.80. The average molecular weight is 190 g/mol. The molecule has 0 amide bonds. The van der Waals surface area contributed by atoms with Crippen LogP contribution in [0.25, 0.3) is 6.08 Å². The largest absolute Gasteiger partial charge is 0.399 e. The Balaban J connectivity index is 3.10. The van der Waals surface area contributed by atoms with E-state index in [0.29, 0.717) is 17.0 Å². The first-order chi connectivity index (χ1) is 6.27. The normalized spacial score (nSPS) is 10.2. The lowest BCUT2D eigenvalue weighted by Gasteiger charge is -1.98. The third kappa shape index (κ3) is 2.53. The van der Waals surface area contributed by atoms with E-state index in [9.17, 15) is 0 Å². The van der Waals surface area contributed by atoms with Gasteiger partial charge in [0.1, 0.15) is 0 Å². The van der Waals surface area contributed by atoms with E-state index in [1.165, 1.54) is 0 Å². The van der Waals surface area contributed by atoms with Gasteiger partial charge in [-0.1, -0.05) is 12.2 Å². The molecule has 0 aromatic heterocycles. The molecule has 2 N–H and O–H groups in total. The van der Waals surface area contributed by atoms with Crippen LogP contribution in [0.15, 0.2) is 24.3 Å². The molecule has 0 fully saturated rings. The number of thiol groups is 1. The van der Waals surface area contributed by atoms with Crippen molar-refractivity contribution in [2.45, 2.75) is 0 Å². The van der Waals surface area contributed by atoms with Gasteiger partial charge in [-0.2, -0.15) is 17.9 Å². The molecule has 2 nitrogen and oxygen atoms in total. The molecule has 0 radical (unpaired) electrons. The minimum atomic E-state index is 0.632. The number of nitrogens with two attached hydrogens (primary N) is 1. The van der Waals surface area contributed by atoms with Crippen LogP contribution in [0.3, 0.4) is 0 Å². The lowest BCUT2D eigenvalue weighted by molar-refractivity contribution is 1.47. The Labute approximate surface area is 83.1 Å². The Hall–Kier alpha value is -1.40. The number of hydrogen-bond donors (Lipinski definition) is 2. The maximum absolute atomic E-state index is 8.76. The Morgan fingerprint density at radius 2 is 2.31 bits per heavy atom. The summed E-state index contributed by atoms with van der Waals surface area (Å²) in [5, 5.41) is 8.76. The van der Waals surface area contributed by atoms with Gasteiger partial charge >= 0.3 is 0 Å². The standard InChI is InChI=1S/C10H10N2S/c11-7-9-3-4-10(12)6-8(9)2-1-5-13/h1-4,6,13H,5,12H2. The maximum atomic E-state index is 8.76. The molecule has 0 spiro atoms. The van der Waals surface area contributed by atoms with Gasteiger partial charge in [0.2, 0.25) is 0 Å². The number of benzene rings is 1. The number of nitriles is 1. The lowest BCUT2D eigenvalue weighted by atomic mass is 10.1. The van der Waals surface area contributed by atoms with E-state index in [1.807, 2.05) is 12.2 Å². The smallest absolute Gasteiger partial charge is 0.0997 e. The van der Waals surface area contributed by atoms with Crippen LogP contribution in [0.4, 0.5) is 5.69 Å². The molecule has 0 aliphatic rings. The summed E-state index contributed by atoms with van der Waals surface area (Å²) in [5.74, 6) is 0.652. The van der Waals surface area contributed by atoms with Crippen LogP contribution >= 0.6 is 12.6 Å². The van der Waals surface area contributed by atoms with Crippen molar-refractivity contribution in [3.05, 3.63) is 35.4 Å². The van der Waals surface area contributed by atoms with Crippen molar-refractivity contribution < 1.29 is 0 Å². The van der Waals surface area contributed by atoms with Crippen LogP contribution in [0.5, 0.6) is 0 Å². The van der Waals surface area contributed by atoms with Crippen LogP contribution < -0.4 is 5.73 Å². The second-order valence-corrected chi connectivity index (χ2v) is 2.91. The molecule has 0 aliphatic carbocycles. The predicted molar refractivity (Wildman–Crippen MR) is 58.5 cm³/mol. The van der Waals surface area contributed by atoms with Crippen LogP contribution in [-0.4, -0.2) is 5.75 Å². The molecular formula is C10H10N2S. The molecule has 1 aromatic rings. The molecule has 1 rings (SSSR count). The summed E-state index contributed by atoms with van der Waals surface area (Å²) >= 11 is 4.04. The SMILES string of the molecule is N#Cc1ccc(N)cc1C=CCS. The van der Waals surface area contributed by atoms with E-state index in [-0.39, 0.29) is 0 Å². The molecule has 0 saturated carbocycles. The number of nitrogen functional groups attached to an aromatic ring is 1. The van der Waals surface area contributed by atoms with Gasteiger partial charge in [-0.15, -0.1) is 0 Å². The predicted octanol–water partition coefficient (Wildman–Crippen LogP) is 2.08. The zero-order valence-corrected chi connectivity index (χ0v) is 7.96. The van der Waals surface area contributed by atoms with Crippen molar-refractivity contribution in [3.8, 4) is 6.07 Å². The van der Waals surface area contributed by atoms with Gasteiger partial charge in [-0.05, 0) is 23.8 Å². The second-order valence-electron chi connectivity index (χ2n) is 2.54. The van der Waals surface area contributed by atoms with E-state index in [1.54, 1.807) is 18.2 Å². The minimum absolute atomic E-state index is 0.632. The highest BCUT2D eigenvalue weighted by atomic mass is 32.1. The number of anilines is 1. The molecule has 13 heavy (non-hydrogen) atoms. The van der Waals surface area contributed by atoms with Crippen molar-refractivity contribution in [3.63, 3.8) is 0 Å². The van der Waals surface area contributed by atoms with Crippen LogP contribution in [-0.2, 0) is 0 Å². The molecule has 66 valence electrons.